The Balaban J connectivity index is 1.63. The van der Waals surface area contributed by atoms with Gasteiger partial charge in [0.05, 0.1) is 13.7 Å². The van der Waals surface area contributed by atoms with Crippen molar-refractivity contribution in [3.05, 3.63) is 30.1 Å². The van der Waals surface area contributed by atoms with Crippen molar-refractivity contribution < 1.29 is 9.53 Å². The van der Waals surface area contributed by atoms with Crippen LogP contribution < -0.4 is 20.3 Å². The fourth-order valence-electron chi connectivity index (χ4n) is 2.83. The molecule has 8 nitrogen and oxygen atoms in total. The van der Waals surface area contributed by atoms with E-state index in [2.05, 4.69) is 30.5 Å². The van der Waals surface area contributed by atoms with E-state index < -0.39 is 0 Å². The summed E-state index contributed by atoms with van der Waals surface area (Å²) >= 11 is 1.62. The monoisotopic (exact) mass is 388 g/mol. The van der Waals surface area contributed by atoms with Crippen LogP contribution in [0.5, 0.6) is 6.01 Å². The molecule has 9 heteroatoms. The number of carbonyl (C=O) groups is 1. The van der Waals surface area contributed by atoms with Crippen LogP contribution in [0.1, 0.15) is 25.1 Å². The molecule has 0 saturated carbocycles. The van der Waals surface area contributed by atoms with E-state index in [0.717, 1.165) is 36.5 Å². The molecule has 0 atom stereocenters. The number of nitrogens with one attached hydrogen (secondary N) is 2. The molecular formula is C18H24N6O2S. The number of anilines is 2. The van der Waals surface area contributed by atoms with Gasteiger partial charge in [-0.25, -0.2) is 4.79 Å². The van der Waals surface area contributed by atoms with Gasteiger partial charge in [0, 0.05) is 23.7 Å². The summed E-state index contributed by atoms with van der Waals surface area (Å²) in [6.45, 7) is 2.03. The lowest BCUT2D eigenvalue weighted by Crippen LogP contribution is -2.32. The molecule has 1 aromatic carbocycles. The molecule has 1 saturated heterocycles. The normalized spacial score (nSPS) is 13.9. The summed E-state index contributed by atoms with van der Waals surface area (Å²) in [6.07, 6.45) is 5.47. The van der Waals surface area contributed by atoms with Gasteiger partial charge in [0.25, 0.3) is 0 Å². The molecule has 0 unspecified atom stereocenters. The van der Waals surface area contributed by atoms with E-state index in [1.54, 1.807) is 11.8 Å². The number of benzene rings is 1. The van der Waals surface area contributed by atoms with Gasteiger partial charge in [0.1, 0.15) is 0 Å². The number of ether oxygens (including phenoxy) is 1. The Bertz CT molecular complexity index is 782. The Morgan fingerprint density at radius 1 is 1.22 bits per heavy atom. The molecule has 1 fully saturated rings. The SMILES string of the molecule is COc1nc(CNC(=O)Nc2cccc(SC)c2)nc(N2CCCCC2)n1. The number of piperidine rings is 1. The number of nitrogens with zero attached hydrogens (tertiary/aromatic N) is 4. The number of urea groups is 1. The molecular weight excluding hydrogens is 364 g/mol. The molecule has 1 aromatic heterocycles. The van der Waals surface area contributed by atoms with Crippen LogP contribution in [0.4, 0.5) is 16.4 Å². The maximum Gasteiger partial charge on any atom is 0.321 e. The second-order valence-electron chi connectivity index (χ2n) is 6.13. The molecule has 3 rings (SSSR count). The fraction of sp³-hybridized carbons (Fsp3) is 0.444. The van der Waals surface area contributed by atoms with Crippen LogP contribution in [-0.4, -0.2) is 47.4 Å². The zero-order valence-electron chi connectivity index (χ0n) is 15.6. The minimum atomic E-state index is -0.313. The number of hydrogen-bond acceptors (Lipinski definition) is 7. The topological polar surface area (TPSA) is 92.3 Å². The van der Waals surface area contributed by atoms with Crippen LogP contribution in [-0.2, 0) is 6.54 Å². The fourth-order valence-corrected chi connectivity index (χ4v) is 3.29. The molecule has 2 heterocycles. The van der Waals surface area contributed by atoms with Crippen LogP contribution in [0, 0.1) is 0 Å². The quantitative estimate of drug-likeness (QED) is 0.735. The molecule has 1 aliphatic rings. The zero-order valence-corrected chi connectivity index (χ0v) is 16.4. The lowest BCUT2D eigenvalue weighted by molar-refractivity contribution is 0.251. The number of rotatable bonds is 6. The van der Waals surface area contributed by atoms with Crippen molar-refractivity contribution in [2.75, 3.05) is 36.7 Å². The largest absolute Gasteiger partial charge is 0.467 e. The highest BCUT2D eigenvalue weighted by atomic mass is 32.2. The molecule has 144 valence electrons. The maximum absolute atomic E-state index is 12.2. The smallest absolute Gasteiger partial charge is 0.321 e. The van der Waals surface area contributed by atoms with Gasteiger partial charge >= 0.3 is 12.0 Å². The maximum atomic E-state index is 12.2. The predicted molar refractivity (Wildman–Crippen MR) is 107 cm³/mol. The number of hydrogen-bond donors (Lipinski definition) is 2. The third-order valence-corrected chi connectivity index (χ3v) is 4.93. The molecule has 2 N–H and O–H groups in total. The van der Waals surface area contributed by atoms with E-state index in [1.165, 1.54) is 13.5 Å². The van der Waals surface area contributed by atoms with E-state index in [1.807, 2.05) is 30.5 Å². The van der Waals surface area contributed by atoms with E-state index in [4.69, 9.17) is 4.74 Å². The molecule has 2 aromatic rings. The van der Waals surface area contributed by atoms with E-state index in [0.29, 0.717) is 11.8 Å². The zero-order chi connectivity index (χ0) is 19.1. The Morgan fingerprint density at radius 2 is 2.04 bits per heavy atom. The van der Waals surface area contributed by atoms with Gasteiger partial charge in [-0.3, -0.25) is 0 Å². The van der Waals surface area contributed by atoms with Crippen molar-refractivity contribution in [1.82, 2.24) is 20.3 Å². The first-order valence-electron chi connectivity index (χ1n) is 8.91. The number of carbonyl (C=O) groups excluding carboxylic acids is 1. The first-order chi connectivity index (χ1) is 13.2. The van der Waals surface area contributed by atoms with E-state index >= 15 is 0 Å². The summed E-state index contributed by atoms with van der Waals surface area (Å²) in [7, 11) is 1.53. The lowest BCUT2D eigenvalue weighted by Gasteiger charge is -2.26. The lowest BCUT2D eigenvalue weighted by atomic mass is 10.1. The van der Waals surface area contributed by atoms with Gasteiger partial charge in [-0.1, -0.05) is 6.07 Å². The molecule has 0 radical (unpaired) electrons. The predicted octanol–water partition coefficient (Wildman–Crippen LogP) is 2.91. The number of methoxy groups -OCH3 is 1. The molecule has 0 spiro atoms. The van der Waals surface area contributed by atoms with Crippen LogP contribution in [0.15, 0.2) is 29.2 Å². The van der Waals surface area contributed by atoms with Gasteiger partial charge in [0.15, 0.2) is 5.82 Å². The minimum Gasteiger partial charge on any atom is -0.467 e. The van der Waals surface area contributed by atoms with Gasteiger partial charge in [0.2, 0.25) is 5.95 Å². The van der Waals surface area contributed by atoms with Crippen LogP contribution in [0.2, 0.25) is 0 Å². The third kappa shape index (κ3) is 5.46. The minimum absolute atomic E-state index is 0.188. The summed E-state index contributed by atoms with van der Waals surface area (Å²) < 4.78 is 5.19. The highest BCUT2D eigenvalue weighted by Gasteiger charge is 2.16. The summed E-state index contributed by atoms with van der Waals surface area (Å²) in [5.74, 6) is 1.07. The van der Waals surface area contributed by atoms with Crippen LogP contribution >= 0.6 is 11.8 Å². The highest BCUT2D eigenvalue weighted by Crippen LogP contribution is 2.19. The van der Waals surface area contributed by atoms with Crippen LogP contribution in [0.3, 0.4) is 0 Å². The average molecular weight is 388 g/mol. The Morgan fingerprint density at radius 3 is 2.78 bits per heavy atom. The third-order valence-electron chi connectivity index (χ3n) is 4.21. The van der Waals surface area contributed by atoms with E-state index in [-0.39, 0.29) is 18.6 Å². The number of amides is 2. The highest BCUT2D eigenvalue weighted by molar-refractivity contribution is 7.98. The van der Waals surface area contributed by atoms with Crippen molar-refractivity contribution in [2.24, 2.45) is 0 Å². The Labute approximate surface area is 163 Å². The van der Waals surface area contributed by atoms with Crippen molar-refractivity contribution in [3.63, 3.8) is 0 Å². The van der Waals surface area contributed by atoms with Crippen molar-refractivity contribution in [3.8, 4) is 6.01 Å². The average Bonchev–Trinajstić information content (AvgIpc) is 2.72. The van der Waals surface area contributed by atoms with Gasteiger partial charge in [-0.15, -0.1) is 11.8 Å². The summed E-state index contributed by atoms with van der Waals surface area (Å²) in [6, 6.07) is 7.61. The Kier molecular flexibility index (Phi) is 6.69. The number of aromatic nitrogens is 3. The molecule has 0 aliphatic carbocycles. The summed E-state index contributed by atoms with van der Waals surface area (Å²) in [4.78, 5) is 28.5. The second-order valence-corrected chi connectivity index (χ2v) is 7.01. The molecule has 2 amide bonds. The molecule has 0 bridgehead atoms. The first kappa shape index (κ1) is 19.2. The standard InChI is InChI=1S/C18H24N6O2S/c1-26-18-22-15(21-16(23-18)24-9-4-3-5-10-24)12-19-17(25)20-13-7-6-8-14(11-13)27-2/h6-8,11H,3-5,9-10,12H2,1-2H3,(H2,19,20,25). The first-order valence-corrected chi connectivity index (χ1v) is 10.1. The van der Waals surface area contributed by atoms with Gasteiger partial charge < -0.3 is 20.3 Å². The second kappa shape index (κ2) is 9.40. The van der Waals surface area contributed by atoms with Crippen molar-refractivity contribution in [2.45, 2.75) is 30.7 Å². The summed E-state index contributed by atoms with van der Waals surface area (Å²) in [5.41, 5.74) is 0.738. The molecule has 27 heavy (non-hydrogen) atoms. The molecule has 1 aliphatic heterocycles. The summed E-state index contributed by atoms with van der Waals surface area (Å²) in [5, 5.41) is 5.60. The van der Waals surface area contributed by atoms with Gasteiger partial charge in [-0.05, 0) is 43.7 Å². The van der Waals surface area contributed by atoms with Crippen molar-refractivity contribution in [1.29, 1.82) is 0 Å². The number of thioether (sulfide) groups is 1. The van der Waals surface area contributed by atoms with Gasteiger partial charge in [-0.2, -0.15) is 15.0 Å². The van der Waals surface area contributed by atoms with E-state index in [9.17, 15) is 4.79 Å². The Hall–Kier alpha value is -2.55. The van der Waals surface area contributed by atoms with Crippen LogP contribution in [0.25, 0.3) is 0 Å². The van der Waals surface area contributed by atoms with Crippen molar-refractivity contribution >= 4 is 29.4 Å².